The molecule has 2 heterocycles. The predicted octanol–water partition coefficient (Wildman–Crippen LogP) is 1.70. The maximum Gasteiger partial charge on any atom is 0.208 e. The highest BCUT2D eigenvalue weighted by atomic mass is 16.4. The summed E-state index contributed by atoms with van der Waals surface area (Å²) in [6, 6.07) is 1.87. The zero-order valence-electron chi connectivity index (χ0n) is 7.28. The van der Waals surface area contributed by atoms with Crippen molar-refractivity contribution >= 4 is 0 Å². The van der Waals surface area contributed by atoms with Gasteiger partial charge in [0.15, 0.2) is 11.5 Å². The summed E-state index contributed by atoms with van der Waals surface area (Å²) in [6.45, 7) is 2.25. The highest BCUT2D eigenvalue weighted by Gasteiger charge is 2.10. The summed E-state index contributed by atoms with van der Waals surface area (Å²) in [5.41, 5.74) is 6.40. The second-order valence-electron chi connectivity index (χ2n) is 2.76. The van der Waals surface area contributed by atoms with Crippen molar-refractivity contribution < 1.29 is 8.83 Å². The van der Waals surface area contributed by atoms with Crippen molar-refractivity contribution in [3.05, 3.63) is 30.0 Å². The molecule has 0 atom stereocenters. The van der Waals surface area contributed by atoms with Gasteiger partial charge < -0.3 is 14.6 Å². The van der Waals surface area contributed by atoms with Gasteiger partial charge in [0.1, 0.15) is 0 Å². The quantitative estimate of drug-likeness (QED) is 0.760. The SMILES string of the molecule is Cc1ccoc1-c1cnc(CN)o1. The van der Waals surface area contributed by atoms with Crippen LogP contribution in [0.4, 0.5) is 0 Å². The van der Waals surface area contributed by atoms with E-state index in [-0.39, 0.29) is 0 Å². The van der Waals surface area contributed by atoms with Crippen LogP contribution in [0.2, 0.25) is 0 Å². The molecule has 0 aliphatic rings. The van der Waals surface area contributed by atoms with E-state index in [0.717, 1.165) is 5.56 Å². The smallest absolute Gasteiger partial charge is 0.208 e. The molecule has 2 aromatic rings. The van der Waals surface area contributed by atoms with E-state index in [9.17, 15) is 0 Å². The summed E-state index contributed by atoms with van der Waals surface area (Å²) in [6.07, 6.45) is 3.24. The van der Waals surface area contributed by atoms with Gasteiger partial charge in [-0.25, -0.2) is 4.98 Å². The third kappa shape index (κ3) is 1.36. The lowest BCUT2D eigenvalue weighted by Crippen LogP contribution is -1.94. The standard InChI is InChI=1S/C9H10N2O2/c1-6-2-3-12-9(6)7-5-11-8(4-10)13-7/h2-3,5H,4,10H2,1H3. The van der Waals surface area contributed by atoms with Gasteiger partial charge in [0.05, 0.1) is 19.0 Å². The molecule has 13 heavy (non-hydrogen) atoms. The van der Waals surface area contributed by atoms with Crippen LogP contribution in [-0.4, -0.2) is 4.98 Å². The number of aryl methyl sites for hydroxylation is 1. The molecule has 4 nitrogen and oxygen atoms in total. The minimum Gasteiger partial charge on any atom is -0.461 e. The monoisotopic (exact) mass is 178 g/mol. The van der Waals surface area contributed by atoms with Crippen LogP contribution in [0.3, 0.4) is 0 Å². The summed E-state index contributed by atoms with van der Waals surface area (Å²) in [5, 5.41) is 0. The fourth-order valence-electron chi connectivity index (χ4n) is 1.13. The van der Waals surface area contributed by atoms with E-state index in [0.29, 0.717) is 24.0 Å². The molecule has 68 valence electrons. The van der Waals surface area contributed by atoms with E-state index in [4.69, 9.17) is 14.6 Å². The van der Waals surface area contributed by atoms with Crippen LogP contribution in [0.25, 0.3) is 11.5 Å². The number of hydrogen-bond acceptors (Lipinski definition) is 4. The van der Waals surface area contributed by atoms with Crippen molar-refractivity contribution in [2.24, 2.45) is 5.73 Å². The van der Waals surface area contributed by atoms with Crippen molar-refractivity contribution in [3.63, 3.8) is 0 Å². The van der Waals surface area contributed by atoms with Crippen LogP contribution < -0.4 is 5.73 Å². The average molecular weight is 178 g/mol. The Hall–Kier alpha value is -1.55. The van der Waals surface area contributed by atoms with Gasteiger partial charge in [-0.15, -0.1) is 0 Å². The van der Waals surface area contributed by atoms with Crippen molar-refractivity contribution in [1.29, 1.82) is 0 Å². The first-order valence-electron chi connectivity index (χ1n) is 4.00. The molecule has 0 spiro atoms. The van der Waals surface area contributed by atoms with Gasteiger partial charge in [-0.1, -0.05) is 0 Å². The predicted molar refractivity (Wildman–Crippen MR) is 46.8 cm³/mol. The maximum atomic E-state index is 5.37. The summed E-state index contributed by atoms with van der Waals surface area (Å²) >= 11 is 0. The minimum absolute atomic E-state index is 0.305. The number of hydrogen-bond donors (Lipinski definition) is 1. The van der Waals surface area contributed by atoms with Gasteiger partial charge in [-0.2, -0.15) is 0 Å². The highest BCUT2D eigenvalue weighted by Crippen LogP contribution is 2.24. The Morgan fingerprint density at radius 1 is 1.54 bits per heavy atom. The molecule has 0 saturated heterocycles. The van der Waals surface area contributed by atoms with Gasteiger partial charge in [0.2, 0.25) is 5.89 Å². The molecule has 4 heteroatoms. The minimum atomic E-state index is 0.305. The molecule has 0 aliphatic heterocycles. The summed E-state index contributed by atoms with van der Waals surface area (Å²) in [4.78, 5) is 3.98. The van der Waals surface area contributed by atoms with Gasteiger partial charge >= 0.3 is 0 Å². The number of nitrogens with two attached hydrogens (primary N) is 1. The molecular weight excluding hydrogens is 168 g/mol. The van der Waals surface area contributed by atoms with Gasteiger partial charge in [-0.05, 0) is 18.6 Å². The van der Waals surface area contributed by atoms with Crippen molar-refractivity contribution in [2.45, 2.75) is 13.5 Å². The Labute approximate surface area is 75.4 Å². The van der Waals surface area contributed by atoms with E-state index in [1.807, 2.05) is 13.0 Å². The van der Waals surface area contributed by atoms with E-state index >= 15 is 0 Å². The lowest BCUT2D eigenvalue weighted by atomic mass is 10.2. The molecular formula is C9H10N2O2. The largest absolute Gasteiger partial charge is 0.461 e. The van der Waals surface area contributed by atoms with Gasteiger partial charge in [0.25, 0.3) is 0 Å². The van der Waals surface area contributed by atoms with Crippen LogP contribution in [0.5, 0.6) is 0 Å². The summed E-state index contributed by atoms with van der Waals surface area (Å²) in [7, 11) is 0. The normalized spacial score (nSPS) is 10.6. The van der Waals surface area contributed by atoms with Crippen LogP contribution >= 0.6 is 0 Å². The third-order valence-corrected chi connectivity index (χ3v) is 1.81. The topological polar surface area (TPSA) is 65.2 Å². The van der Waals surface area contributed by atoms with Crippen LogP contribution in [0, 0.1) is 6.92 Å². The van der Waals surface area contributed by atoms with E-state index in [1.54, 1.807) is 12.5 Å². The first-order valence-corrected chi connectivity index (χ1v) is 4.00. The molecule has 0 aliphatic carbocycles. The van der Waals surface area contributed by atoms with Gasteiger partial charge in [0, 0.05) is 0 Å². The highest BCUT2D eigenvalue weighted by molar-refractivity contribution is 5.53. The van der Waals surface area contributed by atoms with Crippen LogP contribution in [-0.2, 0) is 6.54 Å². The molecule has 0 amide bonds. The van der Waals surface area contributed by atoms with Gasteiger partial charge in [-0.3, -0.25) is 0 Å². The van der Waals surface area contributed by atoms with Crippen molar-refractivity contribution in [3.8, 4) is 11.5 Å². The maximum absolute atomic E-state index is 5.37. The van der Waals surface area contributed by atoms with E-state index in [2.05, 4.69) is 4.98 Å². The Bertz CT molecular complexity index is 403. The Morgan fingerprint density at radius 2 is 2.38 bits per heavy atom. The van der Waals surface area contributed by atoms with Crippen LogP contribution in [0.1, 0.15) is 11.5 Å². The number of nitrogens with zero attached hydrogens (tertiary/aromatic N) is 1. The van der Waals surface area contributed by atoms with Crippen LogP contribution in [0.15, 0.2) is 27.4 Å². The lowest BCUT2D eigenvalue weighted by molar-refractivity contribution is 0.483. The molecule has 2 N–H and O–H groups in total. The summed E-state index contributed by atoms with van der Waals surface area (Å²) < 4.78 is 10.6. The zero-order valence-corrected chi connectivity index (χ0v) is 7.28. The molecule has 0 saturated carbocycles. The molecule has 0 radical (unpaired) electrons. The molecule has 0 bridgehead atoms. The number of rotatable bonds is 2. The fraction of sp³-hybridized carbons (Fsp3) is 0.222. The Balaban J connectivity index is 2.41. The fourth-order valence-corrected chi connectivity index (χ4v) is 1.13. The Morgan fingerprint density at radius 3 is 2.92 bits per heavy atom. The second kappa shape index (κ2) is 3.06. The Kier molecular flexibility index (Phi) is 1.90. The lowest BCUT2D eigenvalue weighted by Gasteiger charge is -1.90. The summed E-state index contributed by atoms with van der Waals surface area (Å²) in [5.74, 6) is 1.86. The molecule has 2 rings (SSSR count). The van der Waals surface area contributed by atoms with Crippen molar-refractivity contribution in [1.82, 2.24) is 4.98 Å². The third-order valence-electron chi connectivity index (χ3n) is 1.81. The first-order chi connectivity index (χ1) is 6.31. The number of aromatic nitrogens is 1. The first kappa shape index (κ1) is 8.07. The zero-order chi connectivity index (χ0) is 9.26. The molecule has 2 aromatic heterocycles. The van der Waals surface area contributed by atoms with E-state index < -0.39 is 0 Å². The molecule has 0 unspecified atom stereocenters. The van der Waals surface area contributed by atoms with E-state index in [1.165, 1.54) is 0 Å². The molecule has 0 fully saturated rings. The van der Waals surface area contributed by atoms with Crippen molar-refractivity contribution in [2.75, 3.05) is 0 Å². The number of furan rings is 1. The number of oxazole rings is 1. The molecule has 0 aromatic carbocycles. The average Bonchev–Trinajstić information content (AvgIpc) is 2.71. The second-order valence-corrected chi connectivity index (χ2v) is 2.76.